The molecule has 0 atom stereocenters. The minimum atomic E-state index is -1.69. The number of carbonyl (C=O) groups is 2. The second kappa shape index (κ2) is 13.3. The normalized spacial score (nSPS) is 12.9. The number of aliphatic carboxylic acids is 2. The first-order chi connectivity index (χ1) is 13.3. The average Bonchev–Trinajstić information content (AvgIpc) is 2.55. The first-order valence-corrected chi connectivity index (χ1v) is 11.8. The second-order valence-corrected chi connectivity index (χ2v) is 11.1. The van der Waals surface area contributed by atoms with Crippen molar-refractivity contribution < 1.29 is 19.8 Å². The smallest absolute Gasteiger partial charge is 0.321 e. The van der Waals surface area contributed by atoms with Gasteiger partial charge in [0.2, 0.25) is 0 Å². The van der Waals surface area contributed by atoms with E-state index in [-0.39, 0.29) is 6.42 Å². The van der Waals surface area contributed by atoms with Gasteiger partial charge < -0.3 is 10.2 Å². The van der Waals surface area contributed by atoms with Gasteiger partial charge in [-0.25, -0.2) is 0 Å². The number of carboxylic acid groups (broad SMARTS) is 2. The van der Waals surface area contributed by atoms with Crippen LogP contribution >= 0.6 is 0 Å². The highest BCUT2D eigenvalue weighted by Crippen LogP contribution is 2.43. The molecule has 0 radical (unpaired) electrons. The predicted molar refractivity (Wildman–Crippen MR) is 121 cm³/mol. The third-order valence-corrected chi connectivity index (χ3v) is 6.24. The Hall–Kier alpha value is -1.06. The molecule has 4 heteroatoms. The molecule has 0 aromatic carbocycles. The SMILES string of the molecule is CC(C)(C)CCCCCCCCCCCCCCC(C(=O)O)(C(=O)O)C(C)(C)C. The molecule has 0 saturated heterocycles. The van der Waals surface area contributed by atoms with Crippen molar-refractivity contribution >= 4 is 11.9 Å². The van der Waals surface area contributed by atoms with Crippen LogP contribution in [0.5, 0.6) is 0 Å². The van der Waals surface area contributed by atoms with Crippen LogP contribution in [-0.4, -0.2) is 22.2 Å². The maximum atomic E-state index is 11.7. The number of rotatable bonds is 16. The van der Waals surface area contributed by atoms with Gasteiger partial charge in [0.15, 0.2) is 5.41 Å². The quantitative estimate of drug-likeness (QED) is 0.201. The largest absolute Gasteiger partial charge is 0.480 e. The van der Waals surface area contributed by atoms with E-state index in [4.69, 9.17) is 0 Å². The van der Waals surface area contributed by atoms with E-state index >= 15 is 0 Å². The van der Waals surface area contributed by atoms with Crippen LogP contribution in [0.4, 0.5) is 0 Å². The standard InChI is InChI=1S/C25H48O4/c1-23(2,3)19-17-15-13-11-9-7-8-10-12-14-16-18-20-25(21(26)27,22(28)29)24(4,5)6/h7-20H2,1-6H3,(H,26,27)(H,28,29). The summed E-state index contributed by atoms with van der Waals surface area (Å²) >= 11 is 0. The molecule has 29 heavy (non-hydrogen) atoms. The van der Waals surface area contributed by atoms with E-state index < -0.39 is 22.8 Å². The van der Waals surface area contributed by atoms with Gasteiger partial charge in [-0.15, -0.1) is 0 Å². The molecular weight excluding hydrogens is 364 g/mol. The Morgan fingerprint density at radius 3 is 1.03 bits per heavy atom. The zero-order valence-corrected chi connectivity index (χ0v) is 20.1. The van der Waals surface area contributed by atoms with E-state index in [0.29, 0.717) is 11.8 Å². The van der Waals surface area contributed by atoms with Gasteiger partial charge in [-0.3, -0.25) is 9.59 Å². The highest BCUT2D eigenvalue weighted by atomic mass is 16.4. The predicted octanol–water partition coefficient (Wildman–Crippen LogP) is 7.70. The molecule has 0 saturated carbocycles. The van der Waals surface area contributed by atoms with Gasteiger partial charge in [0.1, 0.15) is 0 Å². The van der Waals surface area contributed by atoms with Crippen LogP contribution in [0.3, 0.4) is 0 Å². The Balaban J connectivity index is 3.78. The van der Waals surface area contributed by atoms with Gasteiger partial charge in [-0.1, -0.05) is 119 Å². The summed E-state index contributed by atoms with van der Waals surface area (Å²) < 4.78 is 0. The van der Waals surface area contributed by atoms with E-state index in [9.17, 15) is 19.8 Å². The fourth-order valence-electron chi connectivity index (χ4n) is 4.14. The van der Waals surface area contributed by atoms with Crippen molar-refractivity contribution in [2.24, 2.45) is 16.2 Å². The molecular formula is C25H48O4. The fourth-order valence-corrected chi connectivity index (χ4v) is 4.14. The third-order valence-electron chi connectivity index (χ3n) is 6.24. The van der Waals surface area contributed by atoms with E-state index in [0.717, 1.165) is 19.3 Å². The molecule has 172 valence electrons. The Morgan fingerprint density at radius 2 is 0.793 bits per heavy atom. The molecule has 0 fully saturated rings. The van der Waals surface area contributed by atoms with E-state index in [2.05, 4.69) is 20.8 Å². The summed E-state index contributed by atoms with van der Waals surface area (Å²) in [6.45, 7) is 12.1. The van der Waals surface area contributed by atoms with Crippen molar-refractivity contribution in [3.8, 4) is 0 Å². The van der Waals surface area contributed by atoms with Crippen molar-refractivity contribution in [1.29, 1.82) is 0 Å². The molecule has 0 spiro atoms. The third kappa shape index (κ3) is 11.1. The summed E-state index contributed by atoms with van der Waals surface area (Å²) in [6.07, 6.45) is 15.9. The van der Waals surface area contributed by atoms with Crippen molar-refractivity contribution in [3.63, 3.8) is 0 Å². The molecule has 2 N–H and O–H groups in total. The van der Waals surface area contributed by atoms with Crippen molar-refractivity contribution in [2.45, 2.75) is 131 Å². The van der Waals surface area contributed by atoms with E-state index in [1.165, 1.54) is 57.8 Å². The molecule has 0 aromatic heterocycles. The molecule has 0 amide bonds. The molecule has 0 unspecified atom stereocenters. The zero-order chi connectivity index (χ0) is 22.6. The molecule has 0 aliphatic carbocycles. The van der Waals surface area contributed by atoms with Gasteiger partial charge in [-0.2, -0.15) is 0 Å². The number of hydrogen-bond acceptors (Lipinski definition) is 2. The highest BCUT2D eigenvalue weighted by Gasteiger charge is 2.54. The monoisotopic (exact) mass is 412 g/mol. The lowest BCUT2D eigenvalue weighted by Crippen LogP contribution is -2.49. The molecule has 4 nitrogen and oxygen atoms in total. The van der Waals surface area contributed by atoms with E-state index in [1.807, 2.05) is 0 Å². The van der Waals surface area contributed by atoms with Crippen LogP contribution < -0.4 is 0 Å². The maximum absolute atomic E-state index is 11.7. The van der Waals surface area contributed by atoms with Gasteiger partial charge in [-0.05, 0) is 23.7 Å². The summed E-state index contributed by atoms with van der Waals surface area (Å²) in [4.78, 5) is 23.4. The summed E-state index contributed by atoms with van der Waals surface area (Å²) in [5, 5.41) is 19.2. The Kier molecular flexibility index (Phi) is 12.8. The second-order valence-electron chi connectivity index (χ2n) is 11.1. The number of hydrogen-bond donors (Lipinski definition) is 2. The van der Waals surface area contributed by atoms with Gasteiger partial charge in [0.05, 0.1) is 0 Å². The van der Waals surface area contributed by atoms with Crippen LogP contribution in [0.1, 0.15) is 131 Å². The van der Waals surface area contributed by atoms with Crippen LogP contribution in [0.2, 0.25) is 0 Å². The molecule has 0 rings (SSSR count). The van der Waals surface area contributed by atoms with Crippen molar-refractivity contribution in [2.75, 3.05) is 0 Å². The summed E-state index contributed by atoms with van der Waals surface area (Å²) in [5.41, 5.74) is -2.03. The molecule has 0 aliphatic rings. The first-order valence-electron chi connectivity index (χ1n) is 11.8. The average molecular weight is 413 g/mol. The Labute approximate surface area is 179 Å². The van der Waals surface area contributed by atoms with Crippen molar-refractivity contribution in [3.05, 3.63) is 0 Å². The van der Waals surface area contributed by atoms with Crippen LogP contribution in [0.15, 0.2) is 0 Å². The molecule has 0 aromatic rings. The lowest BCUT2D eigenvalue weighted by molar-refractivity contribution is -0.174. The lowest BCUT2D eigenvalue weighted by atomic mass is 9.64. The van der Waals surface area contributed by atoms with Crippen LogP contribution in [0.25, 0.3) is 0 Å². The van der Waals surface area contributed by atoms with Crippen molar-refractivity contribution in [1.82, 2.24) is 0 Å². The summed E-state index contributed by atoms with van der Waals surface area (Å²) in [5.74, 6) is -2.42. The van der Waals surface area contributed by atoms with Gasteiger partial charge in [0, 0.05) is 0 Å². The van der Waals surface area contributed by atoms with E-state index in [1.54, 1.807) is 20.8 Å². The zero-order valence-electron chi connectivity index (χ0n) is 20.1. The first kappa shape index (κ1) is 27.9. The maximum Gasteiger partial charge on any atom is 0.321 e. The van der Waals surface area contributed by atoms with Gasteiger partial charge in [0.25, 0.3) is 0 Å². The highest BCUT2D eigenvalue weighted by molar-refractivity contribution is 5.99. The van der Waals surface area contributed by atoms with Gasteiger partial charge >= 0.3 is 11.9 Å². The molecule has 0 aliphatic heterocycles. The van der Waals surface area contributed by atoms with Crippen LogP contribution in [-0.2, 0) is 9.59 Å². The van der Waals surface area contributed by atoms with Crippen LogP contribution in [0, 0.1) is 16.2 Å². The minimum Gasteiger partial charge on any atom is -0.480 e. The molecule has 0 heterocycles. The summed E-state index contributed by atoms with van der Waals surface area (Å²) in [7, 11) is 0. The molecule has 0 bridgehead atoms. The minimum absolute atomic E-state index is 0.205. The summed E-state index contributed by atoms with van der Waals surface area (Å²) in [6, 6.07) is 0. The number of carboxylic acids is 2. The number of unbranched alkanes of at least 4 members (excludes halogenated alkanes) is 11. The Bertz CT molecular complexity index is 454. The Morgan fingerprint density at radius 1 is 0.517 bits per heavy atom. The lowest BCUT2D eigenvalue weighted by Gasteiger charge is -2.37. The topological polar surface area (TPSA) is 74.6 Å². The fraction of sp³-hybridized carbons (Fsp3) is 0.920.